The third kappa shape index (κ3) is 2.87. The van der Waals surface area contributed by atoms with Gasteiger partial charge in [-0.15, -0.1) is 4.51 Å². The summed E-state index contributed by atoms with van der Waals surface area (Å²) in [6.07, 6.45) is 0. The lowest BCUT2D eigenvalue weighted by atomic mass is 10.3. The van der Waals surface area contributed by atoms with Crippen LogP contribution in [0.5, 0.6) is 5.75 Å². The molecule has 2 aromatic rings. The topological polar surface area (TPSA) is 63.1 Å². The molecule has 0 aliphatic carbocycles. The number of aromatic nitrogens is 3. The number of hydrogen-bond donors (Lipinski definition) is 2. The Bertz CT molecular complexity index is 443. The van der Waals surface area contributed by atoms with Crippen LogP contribution in [0.15, 0.2) is 30.3 Å². The summed E-state index contributed by atoms with van der Waals surface area (Å²) in [4.78, 5) is 0. The van der Waals surface area contributed by atoms with Crippen LogP contribution < -0.4 is 4.52 Å². The zero-order chi connectivity index (χ0) is 10.5. The van der Waals surface area contributed by atoms with Crippen LogP contribution in [0.1, 0.15) is 0 Å². The monoisotopic (exact) mass is 261 g/mol. The third-order valence-electron chi connectivity index (χ3n) is 1.62. The van der Waals surface area contributed by atoms with Crippen LogP contribution in [-0.4, -0.2) is 18.2 Å². The second-order valence-electron chi connectivity index (χ2n) is 2.61. The molecule has 0 aliphatic heterocycles. The van der Waals surface area contributed by atoms with Gasteiger partial charge < -0.3 is 14.1 Å². The Kier molecular flexibility index (Phi) is 3.87. The smallest absolute Gasteiger partial charge is 0.268 e. The average molecular weight is 261 g/mol. The third-order valence-corrected chi connectivity index (χ3v) is 5.52. The summed E-state index contributed by atoms with van der Waals surface area (Å²) < 4.78 is 14.8. The molecule has 0 radical (unpaired) electrons. The molecule has 8 heteroatoms. The van der Waals surface area contributed by atoms with Gasteiger partial charge in [-0.3, -0.25) is 0 Å². The summed E-state index contributed by atoms with van der Waals surface area (Å²) in [6.45, 7) is -0.0387. The van der Waals surface area contributed by atoms with Crippen LogP contribution in [0.2, 0.25) is 0 Å². The van der Waals surface area contributed by atoms with Gasteiger partial charge >= 0.3 is 0 Å². The number of hydrogen-bond acceptors (Lipinski definition) is 3. The number of para-hydroxylation sites is 1. The summed E-state index contributed by atoms with van der Waals surface area (Å²) in [5, 5.41) is 9.11. The van der Waals surface area contributed by atoms with Crippen molar-refractivity contribution in [2.24, 2.45) is 0 Å². The molecule has 2 unspecified atom stereocenters. The van der Waals surface area contributed by atoms with Crippen molar-refractivity contribution in [1.29, 1.82) is 0 Å². The van der Waals surface area contributed by atoms with Crippen LogP contribution >= 0.6 is 25.1 Å². The number of benzene rings is 1. The zero-order valence-electron chi connectivity index (χ0n) is 7.74. The van der Waals surface area contributed by atoms with Gasteiger partial charge in [-0.2, -0.15) is 0 Å². The van der Waals surface area contributed by atoms with Crippen molar-refractivity contribution >= 4 is 25.1 Å². The van der Waals surface area contributed by atoms with Crippen LogP contribution in [0.3, 0.4) is 0 Å². The van der Waals surface area contributed by atoms with E-state index in [1.165, 1.54) is 0 Å². The standard InChI is InChI=1S/C7H10N3O2P3/c11-6-10-14-8-13-9-15(10)12-7-4-2-1-3-5-7/h1-5,11,14H,6H2,(H,8,9). The van der Waals surface area contributed by atoms with Crippen molar-refractivity contribution in [3.63, 3.8) is 0 Å². The molecule has 2 N–H and O–H groups in total. The van der Waals surface area contributed by atoms with Gasteiger partial charge in [-0.25, -0.2) is 4.09 Å². The first kappa shape index (κ1) is 10.8. The number of rotatable bonds is 3. The summed E-state index contributed by atoms with van der Waals surface area (Å²) >= 11 is 0. The molecule has 1 aromatic carbocycles. The van der Waals surface area contributed by atoms with E-state index in [2.05, 4.69) is 9.02 Å². The fraction of sp³-hybridized carbons (Fsp3) is 0.143. The largest absolute Gasteiger partial charge is 0.416 e. The normalized spacial score (nSPS) is 12.2. The highest BCUT2D eigenvalue weighted by Gasteiger charge is 2.01. The highest BCUT2D eigenvalue weighted by atomic mass is 31.2. The Balaban J connectivity index is 2.24. The summed E-state index contributed by atoms with van der Waals surface area (Å²) in [5.41, 5.74) is 0. The van der Waals surface area contributed by atoms with E-state index in [1.54, 1.807) is 4.09 Å². The Morgan fingerprint density at radius 1 is 1.53 bits per heavy atom. The first-order valence-electron chi connectivity index (χ1n) is 4.23. The second-order valence-corrected chi connectivity index (χ2v) is 6.73. The molecule has 15 heavy (non-hydrogen) atoms. The van der Waals surface area contributed by atoms with E-state index in [-0.39, 0.29) is 6.73 Å². The van der Waals surface area contributed by atoms with Crippen LogP contribution in [0.4, 0.5) is 0 Å². The van der Waals surface area contributed by atoms with Gasteiger partial charge in [0.05, 0.1) is 0 Å². The summed E-state index contributed by atoms with van der Waals surface area (Å²) in [5.74, 6) is 0.785. The summed E-state index contributed by atoms with van der Waals surface area (Å²) in [7, 11) is 0.111. The van der Waals surface area contributed by atoms with E-state index in [9.17, 15) is 0 Å². The fourth-order valence-corrected chi connectivity index (χ4v) is 4.84. The highest BCUT2D eigenvalue weighted by molar-refractivity contribution is 7.51. The van der Waals surface area contributed by atoms with Gasteiger partial charge in [0.15, 0.2) is 0 Å². The molecule has 0 saturated carbocycles. The molecule has 0 amide bonds. The van der Waals surface area contributed by atoms with Crippen molar-refractivity contribution in [2.45, 2.75) is 6.73 Å². The van der Waals surface area contributed by atoms with Crippen LogP contribution in [-0.2, 0) is 6.73 Å². The lowest BCUT2D eigenvalue weighted by molar-refractivity contribution is 0.229. The maximum atomic E-state index is 9.11. The molecule has 0 fully saturated rings. The fourth-order valence-electron chi connectivity index (χ4n) is 0.964. The van der Waals surface area contributed by atoms with Crippen LogP contribution in [0.25, 0.3) is 0 Å². The first-order chi connectivity index (χ1) is 7.40. The van der Waals surface area contributed by atoms with Gasteiger partial charge in [-0.1, -0.05) is 18.2 Å². The van der Waals surface area contributed by atoms with Gasteiger partial charge in [0.2, 0.25) is 0 Å². The molecular formula is C7H10N3O2P3. The Morgan fingerprint density at radius 2 is 2.33 bits per heavy atom. The number of aliphatic hydroxyl groups excluding tert-OH is 1. The summed E-state index contributed by atoms with van der Waals surface area (Å²) in [6, 6.07) is 9.53. The van der Waals surface area contributed by atoms with Gasteiger partial charge in [0, 0.05) is 8.51 Å². The molecule has 0 saturated heterocycles. The van der Waals surface area contributed by atoms with E-state index in [1.807, 2.05) is 30.3 Å². The van der Waals surface area contributed by atoms with Gasteiger partial charge in [-0.05, 0) is 12.1 Å². The molecule has 2 atom stereocenters. The van der Waals surface area contributed by atoms with Gasteiger partial charge in [0.25, 0.3) is 8.08 Å². The van der Waals surface area contributed by atoms with E-state index >= 15 is 0 Å². The molecule has 2 rings (SSSR count). The number of nitrogens with one attached hydrogen (secondary N) is 1. The first-order valence-corrected chi connectivity index (χ1v) is 7.19. The number of aliphatic hydroxyl groups is 1. The molecule has 80 valence electrons. The predicted molar refractivity (Wildman–Crippen MR) is 63.6 cm³/mol. The highest BCUT2D eigenvalue weighted by Crippen LogP contribution is 2.30. The predicted octanol–water partition coefficient (Wildman–Crippen LogP) is 2.73. The second kappa shape index (κ2) is 5.39. The van der Waals surface area contributed by atoms with E-state index in [4.69, 9.17) is 9.63 Å². The lowest BCUT2D eigenvalue weighted by Gasteiger charge is -2.09. The van der Waals surface area contributed by atoms with Crippen molar-refractivity contribution in [2.75, 3.05) is 0 Å². The van der Waals surface area contributed by atoms with Crippen LogP contribution in [0, 0.1) is 0 Å². The Hall–Kier alpha value is -0.720. The maximum absolute atomic E-state index is 9.11. The van der Waals surface area contributed by atoms with Gasteiger partial charge in [0.1, 0.15) is 21.0 Å². The Labute approximate surface area is 91.1 Å². The SMILES string of the molecule is OCn1[pH][nH]pnp1Oc1ccccc1. The molecule has 1 heterocycles. The molecule has 0 aliphatic rings. The number of nitrogens with zero attached hydrogens (tertiary/aromatic N) is 2. The van der Waals surface area contributed by atoms with E-state index < -0.39 is 8.08 Å². The zero-order valence-corrected chi connectivity index (χ0v) is 10.5. The average Bonchev–Trinajstić information content (AvgIpc) is 2.31. The van der Waals surface area contributed by atoms with Crippen molar-refractivity contribution < 1.29 is 9.63 Å². The molecule has 0 spiro atoms. The van der Waals surface area contributed by atoms with E-state index in [0.29, 0.717) is 8.51 Å². The molecule has 1 aromatic heterocycles. The van der Waals surface area contributed by atoms with E-state index in [0.717, 1.165) is 14.3 Å². The van der Waals surface area contributed by atoms with Crippen molar-refractivity contribution in [3.8, 4) is 5.75 Å². The Morgan fingerprint density at radius 3 is 3.07 bits per heavy atom. The minimum absolute atomic E-state index is 0.0387. The molecule has 0 bridgehead atoms. The minimum atomic E-state index is -1.07. The maximum Gasteiger partial charge on any atom is 0.268 e. The number of H-pyrrole nitrogens is 1. The lowest BCUT2D eigenvalue weighted by Crippen LogP contribution is -1.95. The number of aromatic amines is 1. The van der Waals surface area contributed by atoms with Crippen molar-refractivity contribution in [3.05, 3.63) is 30.3 Å². The molecule has 5 nitrogen and oxygen atoms in total. The quantitative estimate of drug-likeness (QED) is 0.892. The van der Waals surface area contributed by atoms with Crippen molar-refractivity contribution in [1.82, 2.24) is 13.1 Å². The minimum Gasteiger partial charge on any atom is -0.416 e. The molecular weight excluding hydrogens is 251 g/mol.